The summed E-state index contributed by atoms with van der Waals surface area (Å²) in [6.07, 6.45) is 3.03. The fourth-order valence-corrected chi connectivity index (χ4v) is 2.55. The number of nitrogens with one attached hydrogen (secondary N) is 1. The number of thioether (sulfide) groups is 1. The molecule has 1 amide bonds. The lowest BCUT2D eigenvalue weighted by Crippen LogP contribution is -2.36. The lowest BCUT2D eigenvalue weighted by atomic mass is 10.2. The van der Waals surface area contributed by atoms with Crippen molar-refractivity contribution in [3.8, 4) is 0 Å². The molecule has 1 saturated carbocycles. The summed E-state index contributed by atoms with van der Waals surface area (Å²) in [6, 6.07) is -0.390. The Morgan fingerprint density at radius 2 is 2.42 bits per heavy atom. The second-order valence-electron chi connectivity index (χ2n) is 4.29. The van der Waals surface area contributed by atoms with Gasteiger partial charge < -0.3 is 10.4 Å². The maximum atomic E-state index is 10.8. The van der Waals surface area contributed by atoms with E-state index in [0.717, 1.165) is 18.7 Å². The molecular weight excluding hydrogens is 270 g/mol. The monoisotopic (exact) mass is 285 g/mol. The summed E-state index contributed by atoms with van der Waals surface area (Å²) in [6.45, 7) is 0. The van der Waals surface area contributed by atoms with Crippen LogP contribution in [-0.2, 0) is 15.3 Å². The molecule has 0 bridgehead atoms. The molecule has 104 valence electrons. The second-order valence-corrected chi connectivity index (χ2v) is 5.39. The highest BCUT2D eigenvalue weighted by molar-refractivity contribution is 7.98. The van der Waals surface area contributed by atoms with Crippen LogP contribution in [0.15, 0.2) is 0 Å². The second kappa shape index (κ2) is 6.50. The van der Waals surface area contributed by atoms with Crippen molar-refractivity contribution in [2.45, 2.75) is 37.1 Å². The van der Waals surface area contributed by atoms with Crippen LogP contribution in [0, 0.1) is 0 Å². The largest absolute Gasteiger partial charge is 0.480 e. The highest BCUT2D eigenvalue weighted by Gasteiger charge is 2.27. The van der Waals surface area contributed by atoms with Crippen molar-refractivity contribution < 1.29 is 14.7 Å². The predicted octanol–water partition coefficient (Wildman–Crippen LogP) is -0.170. The van der Waals surface area contributed by atoms with Gasteiger partial charge in [0.1, 0.15) is 6.04 Å². The average molecular weight is 285 g/mol. The molecule has 1 atom stereocenters. The quantitative estimate of drug-likeness (QED) is 0.478. The Bertz CT molecular complexity index is 448. The third-order valence-corrected chi connectivity index (χ3v) is 3.79. The van der Waals surface area contributed by atoms with Crippen LogP contribution in [-0.4, -0.2) is 49.5 Å². The molecule has 1 aromatic heterocycles. The van der Waals surface area contributed by atoms with E-state index < -0.39 is 12.0 Å². The van der Waals surface area contributed by atoms with Crippen LogP contribution in [0.3, 0.4) is 0 Å². The van der Waals surface area contributed by atoms with Crippen LogP contribution < -0.4 is 5.32 Å². The van der Waals surface area contributed by atoms with E-state index in [9.17, 15) is 9.59 Å². The molecule has 19 heavy (non-hydrogen) atoms. The van der Waals surface area contributed by atoms with Crippen molar-refractivity contribution in [1.82, 2.24) is 25.5 Å². The zero-order valence-electron chi connectivity index (χ0n) is 10.2. The smallest absolute Gasteiger partial charge is 0.326 e. The van der Waals surface area contributed by atoms with E-state index in [4.69, 9.17) is 5.11 Å². The van der Waals surface area contributed by atoms with Crippen molar-refractivity contribution in [3.63, 3.8) is 0 Å². The molecule has 8 nitrogen and oxygen atoms in total. The van der Waals surface area contributed by atoms with E-state index in [1.165, 1.54) is 0 Å². The molecule has 1 heterocycles. The summed E-state index contributed by atoms with van der Waals surface area (Å²) >= 11 is 1.56. The summed E-state index contributed by atoms with van der Waals surface area (Å²) in [5.41, 5.74) is 0. The molecule has 0 saturated heterocycles. The summed E-state index contributed by atoms with van der Waals surface area (Å²) < 4.78 is 1.84. The van der Waals surface area contributed by atoms with Gasteiger partial charge in [0.05, 0.1) is 11.8 Å². The Kier molecular flexibility index (Phi) is 4.72. The van der Waals surface area contributed by atoms with Crippen molar-refractivity contribution in [2.75, 3.05) is 5.75 Å². The minimum absolute atomic E-state index is 0.379. The van der Waals surface area contributed by atoms with Gasteiger partial charge in [-0.2, -0.15) is 11.8 Å². The van der Waals surface area contributed by atoms with Gasteiger partial charge in [0.25, 0.3) is 0 Å². The lowest BCUT2D eigenvalue weighted by molar-refractivity contribution is -0.140. The van der Waals surface area contributed by atoms with Crippen LogP contribution in [0.5, 0.6) is 0 Å². The Hall–Kier alpha value is -1.64. The number of carboxylic acid groups (broad SMARTS) is 1. The minimum Gasteiger partial charge on any atom is -0.480 e. The third kappa shape index (κ3) is 3.91. The van der Waals surface area contributed by atoms with E-state index in [0.29, 0.717) is 30.4 Å². The van der Waals surface area contributed by atoms with Gasteiger partial charge in [-0.3, -0.25) is 4.79 Å². The summed E-state index contributed by atoms with van der Waals surface area (Å²) in [4.78, 5) is 21.1. The topological polar surface area (TPSA) is 110 Å². The Morgan fingerprint density at radius 1 is 1.63 bits per heavy atom. The Morgan fingerprint density at radius 3 is 3.05 bits per heavy atom. The zero-order valence-corrected chi connectivity index (χ0v) is 11.0. The fourth-order valence-electron chi connectivity index (χ4n) is 1.63. The number of hydrogen-bond donors (Lipinski definition) is 2. The van der Waals surface area contributed by atoms with Crippen LogP contribution >= 0.6 is 11.8 Å². The molecule has 2 N–H and O–H groups in total. The molecule has 1 fully saturated rings. The number of aromatic nitrogens is 4. The first-order valence-corrected chi connectivity index (χ1v) is 7.15. The number of rotatable bonds is 9. The summed E-state index contributed by atoms with van der Waals surface area (Å²) in [5.74, 6) is 1.07. The number of carboxylic acids is 1. The summed E-state index contributed by atoms with van der Waals surface area (Å²) in [7, 11) is 0. The van der Waals surface area contributed by atoms with Gasteiger partial charge in [0, 0.05) is 0 Å². The van der Waals surface area contributed by atoms with Crippen LogP contribution in [0.4, 0.5) is 0 Å². The van der Waals surface area contributed by atoms with Crippen molar-refractivity contribution in [3.05, 3.63) is 5.82 Å². The van der Waals surface area contributed by atoms with Gasteiger partial charge in [0.15, 0.2) is 5.82 Å². The SMILES string of the molecule is O=CNC(CCSCc1nnnn1C1CC1)C(=O)O. The number of nitrogens with zero attached hydrogens (tertiary/aromatic N) is 4. The first-order chi connectivity index (χ1) is 9.22. The number of hydrogen-bond acceptors (Lipinski definition) is 6. The average Bonchev–Trinajstić information content (AvgIpc) is 3.12. The normalized spacial score (nSPS) is 16.0. The van der Waals surface area contributed by atoms with Gasteiger partial charge in [-0.05, 0) is 35.4 Å². The molecule has 0 radical (unpaired) electrons. The van der Waals surface area contributed by atoms with Gasteiger partial charge >= 0.3 is 5.97 Å². The number of amides is 1. The predicted molar refractivity (Wildman–Crippen MR) is 67.5 cm³/mol. The molecular formula is C10H15N5O3S. The standard InChI is InChI=1S/C10H15N5O3S/c16-6-11-8(10(17)18)3-4-19-5-9-12-13-14-15(9)7-1-2-7/h6-8H,1-5H2,(H,11,16)(H,17,18). The fraction of sp³-hybridized carbons (Fsp3) is 0.700. The molecule has 0 aromatic carbocycles. The molecule has 9 heteroatoms. The molecule has 1 unspecified atom stereocenters. The zero-order chi connectivity index (χ0) is 13.7. The van der Waals surface area contributed by atoms with Crippen LogP contribution in [0.2, 0.25) is 0 Å². The van der Waals surface area contributed by atoms with Gasteiger partial charge in [-0.25, -0.2) is 9.48 Å². The highest BCUT2D eigenvalue weighted by atomic mass is 32.2. The maximum Gasteiger partial charge on any atom is 0.326 e. The van der Waals surface area contributed by atoms with Crippen LogP contribution in [0.25, 0.3) is 0 Å². The number of carbonyl (C=O) groups excluding carboxylic acids is 1. The first-order valence-electron chi connectivity index (χ1n) is 5.99. The van der Waals surface area contributed by atoms with E-state index in [1.807, 2.05) is 4.68 Å². The molecule has 1 aliphatic rings. The lowest BCUT2D eigenvalue weighted by Gasteiger charge is -2.10. The minimum atomic E-state index is -1.02. The van der Waals surface area contributed by atoms with E-state index in [-0.39, 0.29) is 0 Å². The van der Waals surface area contributed by atoms with E-state index >= 15 is 0 Å². The van der Waals surface area contributed by atoms with Gasteiger partial charge in [-0.15, -0.1) is 5.10 Å². The Balaban J connectivity index is 1.72. The van der Waals surface area contributed by atoms with E-state index in [2.05, 4.69) is 20.8 Å². The molecule has 0 aliphatic heterocycles. The molecule has 0 spiro atoms. The van der Waals surface area contributed by atoms with Crippen molar-refractivity contribution >= 4 is 24.1 Å². The maximum absolute atomic E-state index is 10.8. The molecule has 2 rings (SSSR count). The number of carbonyl (C=O) groups is 2. The number of aliphatic carboxylic acids is 1. The summed E-state index contributed by atoms with van der Waals surface area (Å²) in [5, 5.41) is 22.7. The first kappa shape index (κ1) is 13.8. The van der Waals surface area contributed by atoms with Crippen molar-refractivity contribution in [2.24, 2.45) is 0 Å². The van der Waals surface area contributed by atoms with Gasteiger partial charge in [-0.1, -0.05) is 0 Å². The molecule has 1 aliphatic carbocycles. The highest BCUT2D eigenvalue weighted by Crippen LogP contribution is 2.34. The van der Waals surface area contributed by atoms with Gasteiger partial charge in [0.2, 0.25) is 6.41 Å². The third-order valence-electron chi connectivity index (χ3n) is 2.80. The number of tetrazole rings is 1. The van der Waals surface area contributed by atoms with E-state index in [1.54, 1.807) is 11.8 Å². The van der Waals surface area contributed by atoms with Crippen molar-refractivity contribution in [1.29, 1.82) is 0 Å². The molecule has 1 aromatic rings. The van der Waals surface area contributed by atoms with Crippen LogP contribution in [0.1, 0.15) is 31.1 Å². The Labute approximate surface area is 113 Å².